The average molecular weight is 376 g/mol. The van der Waals surface area contributed by atoms with E-state index in [1.54, 1.807) is 31.2 Å². The maximum atomic E-state index is 12.6. The van der Waals surface area contributed by atoms with Gasteiger partial charge in [-0.1, -0.05) is 19.1 Å². The molecule has 0 unspecified atom stereocenters. The van der Waals surface area contributed by atoms with E-state index in [-0.39, 0.29) is 0 Å². The number of carbonyl (C=O) groups excluding carboxylic acids is 1. The van der Waals surface area contributed by atoms with E-state index in [0.717, 1.165) is 22.5 Å². The number of hydrogen-bond donors (Lipinski definition) is 1. The molecule has 2 aromatic rings. The lowest BCUT2D eigenvalue weighted by Crippen LogP contribution is -2.45. The summed E-state index contributed by atoms with van der Waals surface area (Å²) in [7, 11) is -2.12. The Hall–Kier alpha value is -2.54. The number of nitrogens with zero attached hydrogens (tertiary/aromatic N) is 1. The molecule has 140 valence electrons. The van der Waals surface area contributed by atoms with Gasteiger partial charge in [0.15, 0.2) is 0 Å². The summed E-state index contributed by atoms with van der Waals surface area (Å²) in [6.07, 6.45) is 1.99. The van der Waals surface area contributed by atoms with Crippen LogP contribution in [-0.4, -0.2) is 33.7 Å². The normalized spacial score (nSPS) is 12.3. The van der Waals surface area contributed by atoms with Crippen LogP contribution in [0.15, 0.2) is 48.5 Å². The Kier molecular flexibility index (Phi) is 6.26. The van der Waals surface area contributed by atoms with Crippen molar-refractivity contribution in [1.82, 2.24) is 0 Å². The summed E-state index contributed by atoms with van der Waals surface area (Å²) in [6, 6.07) is 13.1. The molecule has 0 aliphatic rings. The van der Waals surface area contributed by atoms with Gasteiger partial charge in [-0.25, -0.2) is 8.42 Å². The van der Waals surface area contributed by atoms with Gasteiger partial charge in [-0.2, -0.15) is 0 Å². The molecule has 0 radical (unpaired) electrons. The van der Waals surface area contributed by atoms with E-state index in [2.05, 4.69) is 12.2 Å². The molecule has 1 amide bonds. The van der Waals surface area contributed by atoms with Crippen molar-refractivity contribution in [2.24, 2.45) is 0 Å². The summed E-state index contributed by atoms with van der Waals surface area (Å²) in [5.74, 6) is 0.200. The van der Waals surface area contributed by atoms with E-state index in [9.17, 15) is 13.2 Å². The van der Waals surface area contributed by atoms with E-state index in [1.165, 1.54) is 7.11 Å². The highest BCUT2D eigenvalue weighted by atomic mass is 32.2. The SMILES string of the molecule is CCc1ccc(NC(=O)[C@@H](C)N(c2ccc(OC)cc2)S(C)(=O)=O)cc1. The van der Waals surface area contributed by atoms with Crippen molar-refractivity contribution in [3.63, 3.8) is 0 Å². The van der Waals surface area contributed by atoms with Crippen molar-refractivity contribution in [1.29, 1.82) is 0 Å². The van der Waals surface area contributed by atoms with Gasteiger partial charge in [0.2, 0.25) is 15.9 Å². The lowest BCUT2D eigenvalue weighted by Gasteiger charge is -2.28. The highest BCUT2D eigenvalue weighted by Gasteiger charge is 2.29. The Bertz CT molecular complexity index is 846. The molecule has 1 N–H and O–H groups in total. The maximum absolute atomic E-state index is 12.6. The van der Waals surface area contributed by atoms with E-state index in [0.29, 0.717) is 17.1 Å². The molecule has 2 rings (SSSR count). The smallest absolute Gasteiger partial charge is 0.247 e. The predicted octanol–water partition coefficient (Wildman–Crippen LogP) is 3.05. The fourth-order valence-electron chi connectivity index (χ4n) is 2.61. The Morgan fingerprint density at radius 1 is 1.12 bits per heavy atom. The number of methoxy groups -OCH3 is 1. The molecule has 7 heteroatoms. The van der Waals surface area contributed by atoms with Gasteiger partial charge in [0, 0.05) is 5.69 Å². The summed E-state index contributed by atoms with van der Waals surface area (Å²) in [4.78, 5) is 12.6. The number of rotatable bonds is 7. The number of hydrogen-bond acceptors (Lipinski definition) is 4. The Labute approximate surface area is 154 Å². The van der Waals surface area contributed by atoms with Gasteiger partial charge in [-0.05, 0) is 55.3 Å². The summed E-state index contributed by atoms with van der Waals surface area (Å²) in [5.41, 5.74) is 2.19. The third kappa shape index (κ3) is 4.76. The molecule has 0 saturated carbocycles. The first kappa shape index (κ1) is 19.8. The number of aryl methyl sites for hydroxylation is 1. The lowest BCUT2D eigenvalue weighted by molar-refractivity contribution is -0.116. The topological polar surface area (TPSA) is 75.7 Å². The number of ether oxygens (including phenoxy) is 1. The number of nitrogens with one attached hydrogen (secondary N) is 1. The van der Waals surface area contributed by atoms with Crippen molar-refractivity contribution >= 4 is 27.3 Å². The van der Waals surface area contributed by atoms with Gasteiger partial charge in [-0.3, -0.25) is 9.10 Å². The van der Waals surface area contributed by atoms with Gasteiger partial charge in [-0.15, -0.1) is 0 Å². The first-order valence-electron chi connectivity index (χ1n) is 8.29. The first-order valence-corrected chi connectivity index (χ1v) is 10.1. The molecule has 0 fully saturated rings. The number of benzene rings is 2. The standard InChI is InChI=1S/C19H24N2O4S/c1-5-15-6-8-16(9-7-15)20-19(22)14(2)21(26(4,23)24)17-10-12-18(25-3)13-11-17/h6-14H,5H2,1-4H3,(H,20,22)/t14-/m1/s1. The van der Waals surface area contributed by atoms with Gasteiger partial charge >= 0.3 is 0 Å². The van der Waals surface area contributed by atoms with Gasteiger partial charge in [0.05, 0.1) is 19.1 Å². The summed E-state index contributed by atoms with van der Waals surface area (Å²) < 4.78 is 30.8. The third-order valence-electron chi connectivity index (χ3n) is 4.05. The van der Waals surface area contributed by atoms with Crippen LogP contribution < -0.4 is 14.4 Å². The molecule has 2 aromatic carbocycles. The lowest BCUT2D eigenvalue weighted by atomic mass is 10.1. The number of sulfonamides is 1. The van der Waals surface area contributed by atoms with Crippen LogP contribution >= 0.6 is 0 Å². The van der Waals surface area contributed by atoms with Gasteiger partial charge in [0.1, 0.15) is 11.8 Å². The number of carbonyl (C=O) groups is 1. The van der Waals surface area contributed by atoms with E-state index >= 15 is 0 Å². The fourth-order valence-corrected chi connectivity index (χ4v) is 3.78. The molecular weight excluding hydrogens is 352 g/mol. The monoisotopic (exact) mass is 376 g/mol. The summed E-state index contributed by atoms with van der Waals surface area (Å²) in [5, 5.41) is 2.77. The van der Waals surface area contributed by atoms with Crippen molar-refractivity contribution in [2.75, 3.05) is 23.0 Å². The van der Waals surface area contributed by atoms with Crippen LogP contribution in [0.4, 0.5) is 11.4 Å². The third-order valence-corrected chi connectivity index (χ3v) is 5.29. The van der Waals surface area contributed by atoms with E-state index in [1.807, 2.05) is 24.3 Å². The van der Waals surface area contributed by atoms with Crippen LogP contribution in [-0.2, 0) is 21.2 Å². The van der Waals surface area contributed by atoms with E-state index < -0.39 is 22.0 Å². The molecule has 6 nitrogen and oxygen atoms in total. The molecule has 0 spiro atoms. The Morgan fingerprint density at radius 2 is 1.69 bits per heavy atom. The molecular formula is C19H24N2O4S. The number of amides is 1. The Balaban J connectivity index is 2.24. The largest absolute Gasteiger partial charge is 0.497 e. The average Bonchev–Trinajstić information content (AvgIpc) is 2.61. The second-order valence-electron chi connectivity index (χ2n) is 5.97. The minimum Gasteiger partial charge on any atom is -0.497 e. The van der Waals surface area contributed by atoms with Crippen molar-refractivity contribution in [3.8, 4) is 5.75 Å². The first-order chi connectivity index (χ1) is 12.3. The molecule has 0 saturated heterocycles. The minimum atomic E-state index is -3.65. The highest BCUT2D eigenvalue weighted by molar-refractivity contribution is 7.92. The van der Waals surface area contributed by atoms with Crippen LogP contribution in [0.25, 0.3) is 0 Å². The van der Waals surface area contributed by atoms with Crippen LogP contribution in [0, 0.1) is 0 Å². The summed E-state index contributed by atoms with van der Waals surface area (Å²) in [6.45, 7) is 3.61. The van der Waals surface area contributed by atoms with Gasteiger partial charge < -0.3 is 10.1 Å². The number of anilines is 2. The van der Waals surface area contributed by atoms with Crippen LogP contribution in [0.2, 0.25) is 0 Å². The zero-order valence-corrected chi connectivity index (χ0v) is 16.2. The molecule has 1 atom stereocenters. The van der Waals surface area contributed by atoms with Gasteiger partial charge in [0.25, 0.3) is 0 Å². The van der Waals surface area contributed by atoms with Crippen LogP contribution in [0.1, 0.15) is 19.4 Å². The van der Waals surface area contributed by atoms with Crippen molar-refractivity contribution < 1.29 is 17.9 Å². The second kappa shape index (κ2) is 8.23. The van der Waals surface area contributed by atoms with E-state index in [4.69, 9.17) is 4.74 Å². The zero-order valence-electron chi connectivity index (χ0n) is 15.4. The minimum absolute atomic E-state index is 0.400. The summed E-state index contributed by atoms with van der Waals surface area (Å²) >= 11 is 0. The fraction of sp³-hybridized carbons (Fsp3) is 0.316. The molecule has 0 aliphatic heterocycles. The maximum Gasteiger partial charge on any atom is 0.247 e. The molecule has 0 bridgehead atoms. The quantitative estimate of drug-likeness (QED) is 0.806. The predicted molar refractivity (Wildman–Crippen MR) is 104 cm³/mol. The Morgan fingerprint density at radius 3 is 2.15 bits per heavy atom. The van der Waals surface area contributed by atoms with Crippen LogP contribution in [0.3, 0.4) is 0 Å². The molecule has 0 aliphatic carbocycles. The van der Waals surface area contributed by atoms with Crippen molar-refractivity contribution in [3.05, 3.63) is 54.1 Å². The van der Waals surface area contributed by atoms with Crippen molar-refractivity contribution in [2.45, 2.75) is 26.3 Å². The second-order valence-corrected chi connectivity index (χ2v) is 7.83. The molecule has 0 heterocycles. The molecule has 26 heavy (non-hydrogen) atoms. The zero-order chi connectivity index (χ0) is 19.3. The van der Waals surface area contributed by atoms with Crippen LogP contribution in [0.5, 0.6) is 5.75 Å². The highest BCUT2D eigenvalue weighted by Crippen LogP contribution is 2.24. The molecule has 0 aromatic heterocycles.